The topological polar surface area (TPSA) is 46.2 Å². The molecule has 0 heterocycles. The van der Waals surface area contributed by atoms with Crippen molar-refractivity contribution in [3.8, 4) is 0 Å². The van der Waals surface area contributed by atoms with Gasteiger partial charge in [0, 0.05) is 17.5 Å². The van der Waals surface area contributed by atoms with Crippen LogP contribution in [0.4, 0.5) is 0 Å². The third-order valence-corrected chi connectivity index (χ3v) is 3.90. The van der Waals surface area contributed by atoms with Crippen LogP contribution in [0, 0.1) is 6.92 Å². The Morgan fingerprint density at radius 1 is 1.11 bits per heavy atom. The fourth-order valence-electron chi connectivity index (χ4n) is 2.31. The van der Waals surface area contributed by atoms with Crippen molar-refractivity contribution in [2.24, 2.45) is 5.73 Å². The summed E-state index contributed by atoms with van der Waals surface area (Å²) in [6.07, 6.45) is -0.647. The van der Waals surface area contributed by atoms with Crippen molar-refractivity contribution in [2.75, 3.05) is 6.54 Å². The molecule has 0 fully saturated rings. The predicted octanol–water partition coefficient (Wildman–Crippen LogP) is 3.42. The molecule has 0 radical (unpaired) electrons. The number of hydrogen-bond acceptors (Lipinski definition) is 2. The second-order valence-electron chi connectivity index (χ2n) is 4.65. The van der Waals surface area contributed by atoms with Crippen molar-refractivity contribution < 1.29 is 5.11 Å². The average molecular weight is 276 g/mol. The van der Waals surface area contributed by atoms with E-state index in [-0.39, 0.29) is 5.92 Å². The maximum Gasteiger partial charge on any atom is 0.0873 e. The van der Waals surface area contributed by atoms with Crippen LogP contribution in [0.1, 0.15) is 28.7 Å². The molecule has 0 aliphatic carbocycles. The molecule has 0 aliphatic heterocycles. The molecule has 2 unspecified atom stereocenters. The molecule has 0 saturated carbocycles. The van der Waals surface area contributed by atoms with Crippen LogP contribution in [0.25, 0.3) is 0 Å². The van der Waals surface area contributed by atoms with Crippen molar-refractivity contribution in [1.82, 2.24) is 0 Å². The Labute approximate surface area is 118 Å². The molecule has 2 nitrogen and oxygen atoms in total. The first kappa shape index (κ1) is 14.1. The van der Waals surface area contributed by atoms with Crippen molar-refractivity contribution in [1.29, 1.82) is 0 Å². The summed E-state index contributed by atoms with van der Waals surface area (Å²) in [5.41, 5.74) is 8.62. The minimum atomic E-state index is -0.647. The van der Waals surface area contributed by atoms with Gasteiger partial charge in [0.15, 0.2) is 0 Å². The van der Waals surface area contributed by atoms with E-state index >= 15 is 0 Å². The summed E-state index contributed by atoms with van der Waals surface area (Å²) in [5, 5.41) is 11.3. The van der Waals surface area contributed by atoms with Gasteiger partial charge in [-0.05, 0) is 29.7 Å². The van der Waals surface area contributed by atoms with Gasteiger partial charge in [-0.3, -0.25) is 0 Å². The van der Waals surface area contributed by atoms with Gasteiger partial charge < -0.3 is 10.8 Å². The molecule has 2 rings (SSSR count). The third kappa shape index (κ3) is 2.98. The molecule has 0 aliphatic rings. The number of rotatable bonds is 4. The standard InChI is InChI=1S/C16H18ClNO/c1-11-13(8-5-9-15(11)17)16(19)14(10-18)12-6-3-2-4-7-12/h2-9,14,16,19H,10,18H2,1H3. The maximum atomic E-state index is 10.6. The van der Waals surface area contributed by atoms with E-state index in [9.17, 15) is 5.11 Å². The van der Waals surface area contributed by atoms with E-state index in [0.29, 0.717) is 11.6 Å². The van der Waals surface area contributed by atoms with Gasteiger partial charge in [0.2, 0.25) is 0 Å². The summed E-state index contributed by atoms with van der Waals surface area (Å²) in [4.78, 5) is 0. The highest BCUT2D eigenvalue weighted by Gasteiger charge is 2.23. The second-order valence-corrected chi connectivity index (χ2v) is 5.06. The number of halogens is 1. The normalized spacial score (nSPS) is 14.1. The van der Waals surface area contributed by atoms with Crippen LogP contribution in [0.2, 0.25) is 5.02 Å². The smallest absolute Gasteiger partial charge is 0.0873 e. The molecule has 19 heavy (non-hydrogen) atoms. The fraction of sp³-hybridized carbons (Fsp3) is 0.250. The third-order valence-electron chi connectivity index (χ3n) is 3.49. The van der Waals surface area contributed by atoms with Crippen LogP contribution in [0.15, 0.2) is 48.5 Å². The first-order valence-electron chi connectivity index (χ1n) is 6.33. The molecule has 0 bridgehead atoms. The monoisotopic (exact) mass is 275 g/mol. The lowest BCUT2D eigenvalue weighted by Gasteiger charge is -2.24. The zero-order chi connectivity index (χ0) is 13.8. The van der Waals surface area contributed by atoms with Gasteiger partial charge in [-0.2, -0.15) is 0 Å². The molecular weight excluding hydrogens is 258 g/mol. The summed E-state index contributed by atoms with van der Waals surface area (Å²) in [5.74, 6) is -0.127. The van der Waals surface area contributed by atoms with Crippen molar-refractivity contribution >= 4 is 11.6 Å². The minimum absolute atomic E-state index is 0.127. The molecule has 3 N–H and O–H groups in total. The molecule has 100 valence electrons. The molecule has 0 saturated heterocycles. The van der Waals surface area contributed by atoms with Gasteiger partial charge in [-0.1, -0.05) is 54.1 Å². The van der Waals surface area contributed by atoms with Gasteiger partial charge in [-0.15, -0.1) is 0 Å². The molecule has 0 aromatic heterocycles. The molecule has 3 heteroatoms. The van der Waals surface area contributed by atoms with Crippen LogP contribution < -0.4 is 5.73 Å². The lowest BCUT2D eigenvalue weighted by molar-refractivity contribution is 0.147. The number of hydrogen-bond donors (Lipinski definition) is 2. The average Bonchev–Trinajstić information content (AvgIpc) is 2.44. The number of nitrogens with two attached hydrogens (primary N) is 1. The van der Waals surface area contributed by atoms with E-state index in [2.05, 4.69) is 0 Å². The number of aliphatic hydroxyl groups is 1. The Bertz CT molecular complexity index is 542. The van der Waals surface area contributed by atoms with Crippen LogP contribution >= 0.6 is 11.6 Å². The van der Waals surface area contributed by atoms with Gasteiger partial charge in [0.05, 0.1) is 6.10 Å². The first-order chi connectivity index (χ1) is 9.15. The summed E-state index contributed by atoms with van der Waals surface area (Å²) in [6.45, 7) is 2.30. The molecule has 2 aromatic carbocycles. The highest BCUT2D eigenvalue weighted by molar-refractivity contribution is 6.31. The highest BCUT2D eigenvalue weighted by Crippen LogP contribution is 2.33. The number of benzene rings is 2. The molecule has 2 atom stereocenters. The Morgan fingerprint density at radius 3 is 2.42 bits per heavy atom. The van der Waals surface area contributed by atoms with E-state index in [0.717, 1.165) is 16.7 Å². The van der Waals surface area contributed by atoms with Gasteiger partial charge in [0.25, 0.3) is 0 Å². The summed E-state index contributed by atoms with van der Waals surface area (Å²) in [6, 6.07) is 15.4. The van der Waals surface area contributed by atoms with E-state index in [4.69, 9.17) is 17.3 Å². The molecule has 0 spiro atoms. The fourth-order valence-corrected chi connectivity index (χ4v) is 2.49. The maximum absolute atomic E-state index is 10.6. The van der Waals surface area contributed by atoms with E-state index in [1.807, 2.05) is 55.5 Å². The molecule has 2 aromatic rings. The summed E-state index contributed by atoms with van der Waals surface area (Å²) < 4.78 is 0. The lowest BCUT2D eigenvalue weighted by Crippen LogP contribution is -2.20. The molecule has 0 amide bonds. The summed E-state index contributed by atoms with van der Waals surface area (Å²) in [7, 11) is 0. The quantitative estimate of drug-likeness (QED) is 0.898. The largest absolute Gasteiger partial charge is 0.388 e. The Morgan fingerprint density at radius 2 is 1.79 bits per heavy atom. The van der Waals surface area contributed by atoms with Crippen molar-refractivity contribution in [3.63, 3.8) is 0 Å². The van der Waals surface area contributed by atoms with E-state index < -0.39 is 6.10 Å². The molecular formula is C16H18ClNO. The zero-order valence-corrected chi connectivity index (χ0v) is 11.6. The highest BCUT2D eigenvalue weighted by atomic mass is 35.5. The predicted molar refractivity (Wildman–Crippen MR) is 79.4 cm³/mol. The Balaban J connectivity index is 2.36. The second kappa shape index (κ2) is 6.20. The van der Waals surface area contributed by atoms with Gasteiger partial charge >= 0.3 is 0 Å². The van der Waals surface area contributed by atoms with Gasteiger partial charge in [-0.25, -0.2) is 0 Å². The minimum Gasteiger partial charge on any atom is -0.388 e. The van der Waals surface area contributed by atoms with E-state index in [1.54, 1.807) is 0 Å². The van der Waals surface area contributed by atoms with E-state index in [1.165, 1.54) is 0 Å². The van der Waals surface area contributed by atoms with Crippen LogP contribution in [-0.4, -0.2) is 11.7 Å². The SMILES string of the molecule is Cc1c(Cl)cccc1C(O)C(CN)c1ccccc1. The lowest BCUT2D eigenvalue weighted by atomic mass is 9.87. The van der Waals surface area contributed by atoms with Crippen molar-refractivity contribution in [3.05, 3.63) is 70.2 Å². The van der Waals surface area contributed by atoms with Crippen LogP contribution in [0.3, 0.4) is 0 Å². The Kier molecular flexibility index (Phi) is 4.59. The van der Waals surface area contributed by atoms with Crippen LogP contribution in [0.5, 0.6) is 0 Å². The van der Waals surface area contributed by atoms with Crippen molar-refractivity contribution in [2.45, 2.75) is 18.9 Å². The zero-order valence-electron chi connectivity index (χ0n) is 10.9. The van der Waals surface area contributed by atoms with Crippen LogP contribution in [-0.2, 0) is 0 Å². The number of aliphatic hydroxyl groups excluding tert-OH is 1. The van der Waals surface area contributed by atoms with Gasteiger partial charge in [0.1, 0.15) is 0 Å². The Hall–Kier alpha value is -1.35. The summed E-state index contributed by atoms with van der Waals surface area (Å²) >= 11 is 6.11. The first-order valence-corrected chi connectivity index (χ1v) is 6.71.